The molecule has 20 heavy (non-hydrogen) atoms. The number of halogens is 1. The number of nitrogens with one attached hydrogen (secondary N) is 1. The van der Waals surface area contributed by atoms with Gasteiger partial charge in [-0.05, 0) is 12.5 Å². The van der Waals surface area contributed by atoms with Gasteiger partial charge in [-0.25, -0.2) is 0 Å². The van der Waals surface area contributed by atoms with Crippen LogP contribution in [0.25, 0.3) is 0 Å². The molecule has 0 bridgehead atoms. The van der Waals surface area contributed by atoms with Crippen molar-refractivity contribution in [2.45, 2.75) is 25.6 Å². The Morgan fingerprint density at radius 3 is 2.45 bits per heavy atom. The summed E-state index contributed by atoms with van der Waals surface area (Å²) in [5, 5.41) is 2.77. The molecule has 3 atom stereocenters. The fourth-order valence-corrected chi connectivity index (χ4v) is 2.56. The lowest BCUT2D eigenvalue weighted by molar-refractivity contribution is -0.124. The van der Waals surface area contributed by atoms with E-state index in [-0.39, 0.29) is 30.3 Å². The van der Waals surface area contributed by atoms with Gasteiger partial charge in [0.2, 0.25) is 5.91 Å². The van der Waals surface area contributed by atoms with Gasteiger partial charge in [0.15, 0.2) is 0 Å². The third-order valence-electron chi connectivity index (χ3n) is 3.00. The first-order chi connectivity index (χ1) is 9.00. The number of nitrogens with two attached hydrogens (primary N) is 1. The minimum Gasteiger partial charge on any atom is -0.355 e. The number of hydrogen-bond donors (Lipinski definition) is 2. The van der Waals surface area contributed by atoms with E-state index < -0.39 is 10.8 Å². The van der Waals surface area contributed by atoms with E-state index in [9.17, 15) is 9.00 Å². The van der Waals surface area contributed by atoms with Crippen molar-refractivity contribution in [3.8, 4) is 0 Å². The molecular formula is C14H23ClN2O2S. The van der Waals surface area contributed by atoms with Gasteiger partial charge in [-0.2, -0.15) is 0 Å². The summed E-state index contributed by atoms with van der Waals surface area (Å²) < 4.78 is 11.8. The molecule has 0 aliphatic heterocycles. The summed E-state index contributed by atoms with van der Waals surface area (Å²) in [6.45, 7) is 4.02. The quantitative estimate of drug-likeness (QED) is 0.799. The molecule has 1 amide bonds. The Morgan fingerprint density at radius 2 is 1.90 bits per heavy atom. The van der Waals surface area contributed by atoms with Crippen LogP contribution in [0.5, 0.6) is 0 Å². The van der Waals surface area contributed by atoms with Gasteiger partial charge in [0.1, 0.15) is 0 Å². The van der Waals surface area contributed by atoms with Crippen molar-refractivity contribution in [3.63, 3.8) is 0 Å². The van der Waals surface area contributed by atoms with Crippen LogP contribution in [0.1, 0.15) is 19.4 Å². The summed E-state index contributed by atoms with van der Waals surface area (Å²) in [6, 6.07) is 9.53. The highest BCUT2D eigenvalue weighted by Gasteiger charge is 2.16. The molecule has 0 aliphatic rings. The molecule has 0 radical (unpaired) electrons. The molecule has 4 nitrogen and oxygen atoms in total. The Bertz CT molecular complexity index is 426. The zero-order valence-electron chi connectivity index (χ0n) is 11.9. The van der Waals surface area contributed by atoms with E-state index in [2.05, 4.69) is 5.32 Å². The van der Waals surface area contributed by atoms with Crippen LogP contribution in [0.4, 0.5) is 0 Å². The molecule has 1 aromatic rings. The number of carbonyl (C=O) groups is 1. The highest BCUT2D eigenvalue weighted by Crippen LogP contribution is 2.03. The van der Waals surface area contributed by atoms with Gasteiger partial charge in [-0.15, -0.1) is 12.4 Å². The van der Waals surface area contributed by atoms with Crippen LogP contribution in [0.2, 0.25) is 0 Å². The molecular weight excluding hydrogens is 296 g/mol. The van der Waals surface area contributed by atoms with Crippen LogP contribution in [-0.4, -0.2) is 28.5 Å². The number of carbonyl (C=O) groups excluding carboxylic acids is 1. The van der Waals surface area contributed by atoms with Crippen molar-refractivity contribution < 1.29 is 9.00 Å². The predicted molar refractivity (Wildman–Crippen MR) is 86.2 cm³/mol. The van der Waals surface area contributed by atoms with Gasteiger partial charge in [0.25, 0.3) is 0 Å². The van der Waals surface area contributed by atoms with Crippen LogP contribution < -0.4 is 11.1 Å². The molecule has 0 saturated heterocycles. The second-order valence-electron chi connectivity index (χ2n) is 4.71. The lowest BCUT2D eigenvalue weighted by atomic mass is 10.0. The molecule has 0 aromatic heterocycles. The van der Waals surface area contributed by atoms with Crippen molar-refractivity contribution in [3.05, 3.63) is 35.9 Å². The van der Waals surface area contributed by atoms with E-state index in [1.54, 1.807) is 13.8 Å². The molecule has 0 saturated carbocycles. The van der Waals surface area contributed by atoms with Crippen molar-refractivity contribution in [1.82, 2.24) is 5.32 Å². The van der Waals surface area contributed by atoms with Gasteiger partial charge in [-0.3, -0.25) is 9.00 Å². The second-order valence-corrected chi connectivity index (χ2v) is 6.29. The first kappa shape index (κ1) is 19.1. The van der Waals surface area contributed by atoms with E-state index in [4.69, 9.17) is 5.73 Å². The number of rotatable bonds is 7. The Hall–Kier alpha value is -0.910. The van der Waals surface area contributed by atoms with E-state index in [0.29, 0.717) is 18.1 Å². The van der Waals surface area contributed by atoms with Gasteiger partial charge in [-0.1, -0.05) is 37.3 Å². The van der Waals surface area contributed by atoms with Gasteiger partial charge < -0.3 is 11.1 Å². The third kappa shape index (κ3) is 7.03. The molecule has 114 valence electrons. The van der Waals surface area contributed by atoms with Crippen LogP contribution in [0.3, 0.4) is 0 Å². The largest absolute Gasteiger partial charge is 0.355 e. The van der Waals surface area contributed by atoms with Gasteiger partial charge >= 0.3 is 0 Å². The predicted octanol–water partition coefficient (Wildman–Crippen LogP) is 1.46. The lowest BCUT2D eigenvalue weighted by Gasteiger charge is -2.15. The smallest absolute Gasteiger partial charge is 0.224 e. The molecule has 0 aliphatic carbocycles. The molecule has 0 heterocycles. The molecule has 3 N–H and O–H groups in total. The first-order valence-electron chi connectivity index (χ1n) is 6.43. The maximum Gasteiger partial charge on any atom is 0.224 e. The van der Waals surface area contributed by atoms with Crippen LogP contribution in [-0.2, 0) is 21.3 Å². The zero-order valence-corrected chi connectivity index (χ0v) is 13.5. The average molecular weight is 319 g/mol. The summed E-state index contributed by atoms with van der Waals surface area (Å²) in [6.07, 6.45) is 0. The number of amides is 1. The van der Waals surface area contributed by atoms with Crippen molar-refractivity contribution in [2.24, 2.45) is 11.7 Å². The molecule has 0 fully saturated rings. The standard InChI is InChI=1S/C14H22N2O2S.ClH/c1-11(12(2)15)14(17)16-8-9-19(18)10-13-6-4-3-5-7-13;/h3-7,11-12H,8-10,15H2,1-2H3,(H,16,17);1H. The topological polar surface area (TPSA) is 72.2 Å². The highest BCUT2D eigenvalue weighted by atomic mass is 35.5. The van der Waals surface area contributed by atoms with Crippen molar-refractivity contribution >= 4 is 29.1 Å². The maximum absolute atomic E-state index is 11.8. The second kappa shape index (κ2) is 9.91. The zero-order chi connectivity index (χ0) is 14.3. The molecule has 3 unspecified atom stereocenters. The molecule has 6 heteroatoms. The SMILES string of the molecule is CC(N)C(C)C(=O)NCCS(=O)Cc1ccccc1.Cl. The maximum atomic E-state index is 11.8. The van der Waals surface area contributed by atoms with Crippen LogP contribution >= 0.6 is 12.4 Å². The number of benzene rings is 1. The van der Waals surface area contributed by atoms with E-state index >= 15 is 0 Å². The summed E-state index contributed by atoms with van der Waals surface area (Å²) in [5.74, 6) is 0.695. The fourth-order valence-electron chi connectivity index (χ4n) is 1.52. The minimum absolute atomic E-state index is 0. The average Bonchev–Trinajstić information content (AvgIpc) is 2.38. The van der Waals surface area contributed by atoms with Crippen LogP contribution in [0, 0.1) is 5.92 Å². The van der Waals surface area contributed by atoms with E-state index in [0.717, 1.165) is 5.56 Å². The fraction of sp³-hybridized carbons (Fsp3) is 0.500. The molecule has 1 rings (SSSR count). The Balaban J connectivity index is 0.00000361. The molecule has 0 spiro atoms. The summed E-state index contributed by atoms with van der Waals surface area (Å²) in [7, 11) is -0.957. The Kier molecular flexibility index (Phi) is 9.46. The normalized spacial score (nSPS) is 14.8. The Morgan fingerprint density at radius 1 is 1.30 bits per heavy atom. The van der Waals surface area contributed by atoms with Gasteiger partial charge in [0.05, 0.1) is 0 Å². The highest BCUT2D eigenvalue weighted by molar-refractivity contribution is 7.84. The van der Waals surface area contributed by atoms with Crippen molar-refractivity contribution in [1.29, 1.82) is 0 Å². The molecule has 1 aromatic carbocycles. The third-order valence-corrected chi connectivity index (χ3v) is 4.32. The van der Waals surface area contributed by atoms with E-state index in [1.165, 1.54) is 0 Å². The Labute approximate surface area is 129 Å². The van der Waals surface area contributed by atoms with Crippen LogP contribution in [0.15, 0.2) is 30.3 Å². The van der Waals surface area contributed by atoms with E-state index in [1.807, 2.05) is 30.3 Å². The summed E-state index contributed by atoms with van der Waals surface area (Å²) >= 11 is 0. The summed E-state index contributed by atoms with van der Waals surface area (Å²) in [5.41, 5.74) is 6.70. The van der Waals surface area contributed by atoms with Gasteiger partial charge in [0, 0.05) is 40.8 Å². The van der Waals surface area contributed by atoms with Crippen molar-refractivity contribution in [2.75, 3.05) is 12.3 Å². The lowest BCUT2D eigenvalue weighted by Crippen LogP contribution is -2.39. The summed E-state index contributed by atoms with van der Waals surface area (Å²) in [4.78, 5) is 11.6. The minimum atomic E-state index is -0.957. The first-order valence-corrected chi connectivity index (χ1v) is 7.91. The monoisotopic (exact) mass is 318 g/mol. The number of hydrogen-bond acceptors (Lipinski definition) is 3.